The fraction of sp³-hybridized carbons (Fsp3) is 0.278. The lowest BCUT2D eigenvalue weighted by atomic mass is 10.2. The second-order valence-corrected chi connectivity index (χ2v) is 8.57. The summed E-state index contributed by atoms with van der Waals surface area (Å²) in [6.07, 6.45) is -0.214. The van der Waals surface area contributed by atoms with E-state index in [1.54, 1.807) is 24.3 Å². The molecule has 9 heteroatoms. The molecule has 0 saturated carbocycles. The van der Waals surface area contributed by atoms with E-state index < -0.39 is 16.1 Å². The molecule has 2 aromatic rings. The van der Waals surface area contributed by atoms with Crippen LogP contribution in [0.5, 0.6) is 5.75 Å². The molecular weight excluding hydrogens is 411 g/mol. The molecule has 0 aromatic heterocycles. The van der Waals surface area contributed by atoms with Gasteiger partial charge in [-0.1, -0.05) is 48.3 Å². The van der Waals surface area contributed by atoms with Gasteiger partial charge in [0.15, 0.2) is 6.10 Å². The topological polar surface area (TPSA) is 75.7 Å². The predicted molar refractivity (Wildman–Crippen MR) is 105 cm³/mol. The maximum atomic E-state index is 13.3. The zero-order chi connectivity index (χ0) is 19.6. The summed E-state index contributed by atoms with van der Waals surface area (Å²) in [7, 11) is -4.06. The first-order valence-corrected chi connectivity index (χ1v) is 10.6. The van der Waals surface area contributed by atoms with E-state index in [1.165, 1.54) is 18.2 Å². The molecule has 0 aliphatic carbocycles. The van der Waals surface area contributed by atoms with Crippen LogP contribution in [-0.4, -0.2) is 33.5 Å². The van der Waals surface area contributed by atoms with Crippen LogP contribution in [0.15, 0.2) is 47.4 Å². The normalized spacial score (nSPS) is 16.4. The lowest BCUT2D eigenvalue weighted by Crippen LogP contribution is -2.50. The summed E-state index contributed by atoms with van der Waals surface area (Å²) in [6.45, 7) is 2.24. The average molecular weight is 429 g/mol. The zero-order valence-electron chi connectivity index (χ0n) is 14.5. The van der Waals surface area contributed by atoms with Gasteiger partial charge in [-0.25, -0.2) is 8.42 Å². The fourth-order valence-electron chi connectivity index (χ4n) is 2.73. The van der Waals surface area contributed by atoms with Crippen LogP contribution in [0.2, 0.25) is 10.0 Å². The number of hydrogen-bond donors (Lipinski definition) is 1. The Morgan fingerprint density at radius 1 is 1.22 bits per heavy atom. The second-order valence-electron chi connectivity index (χ2n) is 5.95. The Labute approximate surface area is 168 Å². The van der Waals surface area contributed by atoms with E-state index in [0.717, 1.165) is 10.7 Å². The Morgan fingerprint density at radius 2 is 1.96 bits per heavy atom. The lowest BCUT2D eigenvalue weighted by Gasteiger charge is -2.34. The van der Waals surface area contributed by atoms with Crippen LogP contribution in [0.1, 0.15) is 13.3 Å². The Balaban J connectivity index is 2.04. The highest BCUT2D eigenvalue weighted by Gasteiger charge is 2.38. The van der Waals surface area contributed by atoms with E-state index >= 15 is 0 Å². The summed E-state index contributed by atoms with van der Waals surface area (Å²) in [5, 5.41) is 2.81. The summed E-state index contributed by atoms with van der Waals surface area (Å²) in [6, 6.07) is 11.1. The molecule has 144 valence electrons. The Hall–Kier alpha value is -1.96. The lowest BCUT2D eigenvalue weighted by molar-refractivity contribution is -0.127. The molecule has 0 bridgehead atoms. The van der Waals surface area contributed by atoms with E-state index in [1.807, 2.05) is 6.92 Å². The minimum Gasteiger partial charge on any atom is -0.476 e. The third kappa shape index (κ3) is 3.85. The van der Waals surface area contributed by atoms with Crippen molar-refractivity contribution < 1.29 is 17.9 Å². The van der Waals surface area contributed by atoms with Crippen molar-refractivity contribution in [2.75, 3.05) is 17.4 Å². The van der Waals surface area contributed by atoms with Gasteiger partial charge in [0.2, 0.25) is 0 Å². The van der Waals surface area contributed by atoms with Crippen molar-refractivity contribution in [1.82, 2.24) is 5.32 Å². The molecule has 1 heterocycles. The molecule has 2 aromatic carbocycles. The number of amides is 1. The third-order valence-corrected chi connectivity index (χ3v) is 6.81. The molecule has 0 spiro atoms. The number of para-hydroxylation sites is 2. The van der Waals surface area contributed by atoms with E-state index in [2.05, 4.69) is 5.32 Å². The number of halogens is 2. The second kappa shape index (κ2) is 7.96. The van der Waals surface area contributed by atoms with Crippen LogP contribution >= 0.6 is 23.2 Å². The molecule has 0 fully saturated rings. The fourth-order valence-corrected chi connectivity index (χ4v) is 4.95. The van der Waals surface area contributed by atoms with Gasteiger partial charge in [-0.05, 0) is 30.7 Å². The molecule has 1 aliphatic heterocycles. The number of ether oxygens (including phenoxy) is 1. The smallest absolute Gasteiger partial charge is 0.266 e. The molecule has 27 heavy (non-hydrogen) atoms. The van der Waals surface area contributed by atoms with Crippen molar-refractivity contribution in [3.05, 3.63) is 52.5 Å². The Kier molecular flexibility index (Phi) is 5.83. The van der Waals surface area contributed by atoms with E-state index in [-0.39, 0.29) is 27.4 Å². The van der Waals surface area contributed by atoms with Crippen molar-refractivity contribution in [2.45, 2.75) is 24.3 Å². The minimum absolute atomic E-state index is 0.0601. The summed E-state index contributed by atoms with van der Waals surface area (Å²) < 4.78 is 33.5. The van der Waals surface area contributed by atoms with Gasteiger partial charge in [0.1, 0.15) is 10.6 Å². The molecule has 1 amide bonds. The molecule has 6 nitrogen and oxygen atoms in total. The van der Waals surface area contributed by atoms with Crippen LogP contribution in [0.25, 0.3) is 0 Å². The van der Waals surface area contributed by atoms with Gasteiger partial charge in [0.05, 0.1) is 22.3 Å². The van der Waals surface area contributed by atoms with Gasteiger partial charge in [-0.2, -0.15) is 0 Å². The van der Waals surface area contributed by atoms with Crippen molar-refractivity contribution >= 4 is 44.8 Å². The monoisotopic (exact) mass is 428 g/mol. The largest absolute Gasteiger partial charge is 0.476 e. The van der Waals surface area contributed by atoms with Gasteiger partial charge in [0.25, 0.3) is 15.9 Å². The van der Waals surface area contributed by atoms with E-state index in [9.17, 15) is 13.2 Å². The summed E-state index contributed by atoms with van der Waals surface area (Å²) in [5.74, 6) is -0.0640. The number of rotatable bonds is 5. The number of nitrogens with zero attached hydrogens (tertiary/aromatic N) is 1. The number of carbonyl (C=O) groups is 1. The number of nitrogens with one attached hydrogen (secondary N) is 1. The zero-order valence-corrected chi connectivity index (χ0v) is 16.8. The first-order valence-electron chi connectivity index (χ1n) is 8.36. The molecule has 1 unspecified atom stereocenters. The number of carbonyl (C=O) groups excluding carboxylic acids is 1. The van der Waals surface area contributed by atoms with Gasteiger partial charge in [-0.3, -0.25) is 9.10 Å². The molecule has 3 rings (SSSR count). The number of fused-ring (bicyclic) bond motifs is 1. The van der Waals surface area contributed by atoms with Crippen LogP contribution in [0.3, 0.4) is 0 Å². The van der Waals surface area contributed by atoms with E-state index in [4.69, 9.17) is 27.9 Å². The molecular formula is C18H18Cl2N2O4S. The third-order valence-electron chi connectivity index (χ3n) is 4.06. The van der Waals surface area contributed by atoms with Crippen molar-refractivity contribution in [3.63, 3.8) is 0 Å². The molecule has 1 aliphatic rings. The SMILES string of the molecule is CCCNC(=O)C1CN(S(=O)(=O)c2cccc(Cl)c2Cl)c2ccccc2O1. The van der Waals surface area contributed by atoms with Gasteiger partial charge in [0, 0.05) is 6.54 Å². The Morgan fingerprint density at radius 3 is 2.70 bits per heavy atom. The highest BCUT2D eigenvalue weighted by molar-refractivity contribution is 7.93. The maximum Gasteiger partial charge on any atom is 0.266 e. The first kappa shape index (κ1) is 19.8. The molecule has 1 atom stereocenters. The van der Waals surface area contributed by atoms with Crippen molar-refractivity contribution in [3.8, 4) is 5.75 Å². The van der Waals surface area contributed by atoms with Gasteiger partial charge in [-0.15, -0.1) is 0 Å². The predicted octanol–water partition coefficient (Wildman–Crippen LogP) is 3.48. The Bertz CT molecular complexity index is 966. The number of anilines is 1. The number of hydrogen-bond acceptors (Lipinski definition) is 4. The van der Waals surface area contributed by atoms with Crippen LogP contribution in [0, 0.1) is 0 Å². The number of benzene rings is 2. The average Bonchev–Trinajstić information content (AvgIpc) is 2.67. The highest BCUT2D eigenvalue weighted by atomic mass is 35.5. The standard InChI is InChI=1S/C18H18Cl2N2O4S/c1-2-10-21-18(23)15-11-22(13-7-3-4-8-14(13)26-15)27(24,25)16-9-5-6-12(19)17(16)20/h3-9,15H,2,10-11H2,1H3,(H,21,23). The van der Waals surface area contributed by atoms with E-state index in [0.29, 0.717) is 18.0 Å². The van der Waals surface area contributed by atoms with Crippen molar-refractivity contribution in [2.24, 2.45) is 0 Å². The summed E-state index contributed by atoms with van der Waals surface area (Å²) in [4.78, 5) is 12.3. The first-order chi connectivity index (χ1) is 12.9. The summed E-state index contributed by atoms with van der Waals surface area (Å²) >= 11 is 12.1. The van der Waals surface area contributed by atoms with Crippen LogP contribution in [-0.2, 0) is 14.8 Å². The molecule has 0 radical (unpaired) electrons. The number of sulfonamides is 1. The highest BCUT2D eigenvalue weighted by Crippen LogP contribution is 2.39. The quantitative estimate of drug-likeness (QED) is 0.790. The maximum absolute atomic E-state index is 13.3. The van der Waals surface area contributed by atoms with Crippen LogP contribution in [0.4, 0.5) is 5.69 Å². The van der Waals surface area contributed by atoms with Crippen molar-refractivity contribution in [1.29, 1.82) is 0 Å². The summed E-state index contributed by atoms with van der Waals surface area (Å²) in [5.41, 5.74) is 0.341. The molecule has 0 saturated heterocycles. The minimum atomic E-state index is -4.06. The van der Waals surface area contributed by atoms with Crippen LogP contribution < -0.4 is 14.4 Å². The molecule has 1 N–H and O–H groups in total. The van der Waals surface area contributed by atoms with Gasteiger partial charge < -0.3 is 10.1 Å². The van der Waals surface area contributed by atoms with Gasteiger partial charge >= 0.3 is 0 Å².